The normalized spacial score (nSPS) is 11.9. The Morgan fingerprint density at radius 2 is 2.16 bits per heavy atom. The van der Waals surface area contributed by atoms with Crippen LogP contribution in [0.4, 0.5) is 11.4 Å². The number of nitrogens with one attached hydrogen (secondary N) is 1. The highest BCUT2D eigenvalue weighted by molar-refractivity contribution is 6.30. The molecule has 0 saturated heterocycles. The number of pyridine rings is 1. The van der Waals surface area contributed by atoms with E-state index in [9.17, 15) is 10.1 Å². The summed E-state index contributed by atoms with van der Waals surface area (Å²) in [4.78, 5) is 14.7. The van der Waals surface area contributed by atoms with Gasteiger partial charge in [0.15, 0.2) is 0 Å². The van der Waals surface area contributed by atoms with E-state index in [2.05, 4.69) is 10.3 Å². The van der Waals surface area contributed by atoms with Gasteiger partial charge in [-0.15, -0.1) is 0 Å². The van der Waals surface area contributed by atoms with Gasteiger partial charge in [0.05, 0.1) is 16.7 Å². The molecule has 1 unspecified atom stereocenters. The predicted octanol–water partition coefficient (Wildman–Crippen LogP) is 3.82. The van der Waals surface area contributed by atoms with Gasteiger partial charge in [-0.3, -0.25) is 15.1 Å². The zero-order valence-corrected chi connectivity index (χ0v) is 11.0. The lowest BCUT2D eigenvalue weighted by molar-refractivity contribution is -0.384. The number of halogens is 1. The lowest BCUT2D eigenvalue weighted by Crippen LogP contribution is -2.09. The highest BCUT2D eigenvalue weighted by atomic mass is 35.5. The number of nitro benzene ring substituents is 1. The van der Waals surface area contributed by atoms with Gasteiger partial charge in [-0.2, -0.15) is 0 Å². The molecule has 98 valence electrons. The number of benzene rings is 1. The molecule has 1 aromatic carbocycles. The molecule has 0 aliphatic carbocycles. The number of hydrogen-bond acceptors (Lipinski definition) is 4. The van der Waals surface area contributed by atoms with Crippen molar-refractivity contribution in [2.45, 2.75) is 13.0 Å². The van der Waals surface area contributed by atoms with Crippen LogP contribution in [0.3, 0.4) is 0 Å². The molecule has 0 bridgehead atoms. The van der Waals surface area contributed by atoms with E-state index >= 15 is 0 Å². The SMILES string of the molecule is CC(Nc1ccc(Cl)cc1[N+](=O)[O-])c1ccccn1. The first-order valence-electron chi connectivity index (χ1n) is 5.69. The van der Waals surface area contributed by atoms with E-state index in [1.807, 2.05) is 25.1 Å². The number of aromatic nitrogens is 1. The summed E-state index contributed by atoms with van der Waals surface area (Å²) < 4.78 is 0. The Labute approximate surface area is 115 Å². The zero-order chi connectivity index (χ0) is 13.8. The summed E-state index contributed by atoms with van der Waals surface area (Å²) >= 11 is 5.77. The Kier molecular flexibility index (Phi) is 3.97. The summed E-state index contributed by atoms with van der Waals surface area (Å²) in [5.41, 5.74) is 1.19. The fraction of sp³-hybridized carbons (Fsp3) is 0.154. The lowest BCUT2D eigenvalue weighted by Gasteiger charge is -2.14. The van der Waals surface area contributed by atoms with Crippen LogP contribution in [0.1, 0.15) is 18.7 Å². The third-order valence-electron chi connectivity index (χ3n) is 2.66. The van der Waals surface area contributed by atoms with Gasteiger partial charge in [0.25, 0.3) is 5.69 Å². The van der Waals surface area contributed by atoms with E-state index in [4.69, 9.17) is 11.6 Å². The minimum atomic E-state index is -0.459. The fourth-order valence-corrected chi connectivity index (χ4v) is 1.88. The first-order valence-corrected chi connectivity index (χ1v) is 6.07. The first kappa shape index (κ1) is 13.3. The number of nitrogens with zero attached hydrogens (tertiary/aromatic N) is 2. The number of anilines is 1. The molecule has 2 aromatic rings. The second-order valence-corrected chi connectivity index (χ2v) is 4.48. The third-order valence-corrected chi connectivity index (χ3v) is 2.89. The van der Waals surface area contributed by atoms with E-state index in [0.717, 1.165) is 5.69 Å². The average molecular weight is 278 g/mol. The molecule has 0 aliphatic heterocycles. The van der Waals surface area contributed by atoms with Gasteiger partial charge in [0.2, 0.25) is 0 Å². The van der Waals surface area contributed by atoms with E-state index in [1.165, 1.54) is 6.07 Å². The molecule has 5 nitrogen and oxygen atoms in total. The van der Waals surface area contributed by atoms with Crippen LogP contribution in [0.5, 0.6) is 0 Å². The van der Waals surface area contributed by atoms with Gasteiger partial charge in [0.1, 0.15) is 5.69 Å². The summed E-state index contributed by atoms with van der Waals surface area (Å²) in [5.74, 6) is 0. The van der Waals surface area contributed by atoms with Gasteiger partial charge in [-0.05, 0) is 31.2 Å². The summed E-state index contributed by atoms with van der Waals surface area (Å²) in [6.07, 6.45) is 1.68. The molecule has 1 atom stereocenters. The van der Waals surface area contributed by atoms with E-state index in [-0.39, 0.29) is 11.7 Å². The highest BCUT2D eigenvalue weighted by Gasteiger charge is 2.16. The smallest absolute Gasteiger partial charge is 0.293 e. The zero-order valence-electron chi connectivity index (χ0n) is 10.2. The number of rotatable bonds is 4. The van der Waals surface area contributed by atoms with Crippen molar-refractivity contribution in [1.82, 2.24) is 4.98 Å². The molecule has 1 aromatic heterocycles. The van der Waals surface area contributed by atoms with Gasteiger partial charge in [-0.25, -0.2) is 0 Å². The highest BCUT2D eigenvalue weighted by Crippen LogP contribution is 2.30. The molecule has 6 heteroatoms. The average Bonchev–Trinajstić information content (AvgIpc) is 2.41. The summed E-state index contributed by atoms with van der Waals surface area (Å²) in [6.45, 7) is 1.89. The molecule has 0 fully saturated rings. The maximum atomic E-state index is 11.0. The maximum Gasteiger partial charge on any atom is 0.293 e. The molecule has 0 radical (unpaired) electrons. The van der Waals surface area contributed by atoms with Crippen molar-refractivity contribution in [1.29, 1.82) is 0 Å². The lowest BCUT2D eigenvalue weighted by atomic mass is 10.2. The topological polar surface area (TPSA) is 68.1 Å². The Hall–Kier alpha value is -2.14. The van der Waals surface area contributed by atoms with Crippen molar-refractivity contribution in [3.05, 3.63) is 63.4 Å². The summed E-state index contributed by atoms with van der Waals surface area (Å²) in [5, 5.41) is 14.4. The summed E-state index contributed by atoms with van der Waals surface area (Å²) in [7, 11) is 0. The Bertz CT molecular complexity index is 590. The molecule has 0 amide bonds. The van der Waals surface area contributed by atoms with Gasteiger partial charge in [-0.1, -0.05) is 17.7 Å². The second kappa shape index (κ2) is 5.67. The molecule has 1 N–H and O–H groups in total. The largest absolute Gasteiger partial charge is 0.371 e. The van der Waals surface area contributed by atoms with E-state index in [0.29, 0.717) is 10.7 Å². The van der Waals surface area contributed by atoms with Crippen LogP contribution in [0, 0.1) is 10.1 Å². The molecular weight excluding hydrogens is 266 g/mol. The molecule has 2 rings (SSSR count). The van der Waals surface area contributed by atoms with Crippen LogP contribution in [0.15, 0.2) is 42.6 Å². The Morgan fingerprint density at radius 3 is 2.79 bits per heavy atom. The molecule has 1 heterocycles. The van der Waals surface area contributed by atoms with Gasteiger partial charge >= 0.3 is 0 Å². The Morgan fingerprint density at radius 1 is 1.37 bits per heavy atom. The fourth-order valence-electron chi connectivity index (χ4n) is 1.72. The van der Waals surface area contributed by atoms with Crippen molar-refractivity contribution in [2.75, 3.05) is 5.32 Å². The minimum absolute atomic E-state index is 0.0460. The standard InChI is InChI=1S/C13H12ClN3O2/c1-9(11-4-2-3-7-15-11)16-12-6-5-10(14)8-13(12)17(18)19/h2-9,16H,1H3. The van der Waals surface area contributed by atoms with Crippen LogP contribution in [-0.2, 0) is 0 Å². The quantitative estimate of drug-likeness (QED) is 0.681. The minimum Gasteiger partial charge on any atom is -0.371 e. The molecule has 0 aliphatic rings. The third kappa shape index (κ3) is 3.20. The number of nitro groups is 1. The molecular formula is C13H12ClN3O2. The van der Waals surface area contributed by atoms with Crippen LogP contribution >= 0.6 is 11.6 Å². The van der Waals surface area contributed by atoms with Crippen LogP contribution < -0.4 is 5.32 Å². The molecule has 19 heavy (non-hydrogen) atoms. The van der Waals surface area contributed by atoms with Crippen molar-refractivity contribution < 1.29 is 4.92 Å². The van der Waals surface area contributed by atoms with Crippen molar-refractivity contribution >= 4 is 23.0 Å². The monoisotopic (exact) mass is 277 g/mol. The van der Waals surface area contributed by atoms with E-state index in [1.54, 1.807) is 18.3 Å². The van der Waals surface area contributed by atoms with E-state index < -0.39 is 4.92 Å². The van der Waals surface area contributed by atoms with Crippen LogP contribution in [0.25, 0.3) is 0 Å². The van der Waals surface area contributed by atoms with Gasteiger partial charge in [0, 0.05) is 17.3 Å². The van der Waals surface area contributed by atoms with Crippen LogP contribution in [0.2, 0.25) is 5.02 Å². The molecule has 0 spiro atoms. The van der Waals surface area contributed by atoms with Gasteiger partial charge < -0.3 is 5.32 Å². The predicted molar refractivity (Wildman–Crippen MR) is 74.4 cm³/mol. The first-order chi connectivity index (χ1) is 9.08. The number of hydrogen-bond donors (Lipinski definition) is 1. The molecule has 0 saturated carbocycles. The second-order valence-electron chi connectivity index (χ2n) is 4.04. The van der Waals surface area contributed by atoms with Crippen LogP contribution in [-0.4, -0.2) is 9.91 Å². The van der Waals surface area contributed by atoms with Crippen molar-refractivity contribution in [3.8, 4) is 0 Å². The summed E-state index contributed by atoms with van der Waals surface area (Å²) in [6, 6.07) is 9.95. The van der Waals surface area contributed by atoms with Crippen molar-refractivity contribution in [2.24, 2.45) is 0 Å². The maximum absolute atomic E-state index is 11.0. The Balaban J connectivity index is 2.26. The van der Waals surface area contributed by atoms with Crippen molar-refractivity contribution in [3.63, 3.8) is 0 Å².